The second-order valence-electron chi connectivity index (χ2n) is 6.43. The molecule has 1 N–H and O–H groups in total. The molecule has 2 unspecified atom stereocenters. The van der Waals surface area contributed by atoms with Gasteiger partial charge in [0.2, 0.25) is 6.04 Å². The zero-order chi connectivity index (χ0) is 17.3. The summed E-state index contributed by atoms with van der Waals surface area (Å²) in [5, 5.41) is 21.2. The molecule has 0 heterocycles. The monoisotopic (exact) mass is 328 g/mol. The number of aliphatic hydroxyl groups is 1. The lowest BCUT2D eigenvalue weighted by atomic mass is 9.98. The molecular weight excluding hydrogens is 294 g/mol. The van der Waals surface area contributed by atoms with E-state index >= 15 is 0 Å². The Morgan fingerprint density at radius 1 is 0.913 bits per heavy atom. The molecule has 0 spiro atoms. The Labute approximate surface area is 141 Å². The van der Waals surface area contributed by atoms with Gasteiger partial charge >= 0.3 is 0 Å². The highest BCUT2D eigenvalue weighted by molar-refractivity contribution is 5.50. The van der Waals surface area contributed by atoms with Gasteiger partial charge in [0.25, 0.3) is 0 Å². The number of nitrogens with zero attached hydrogens (tertiary/aromatic N) is 1. The van der Waals surface area contributed by atoms with Crippen molar-refractivity contribution in [3.05, 3.63) is 10.1 Å². The minimum absolute atomic E-state index is 0.309. The third-order valence-corrected chi connectivity index (χ3v) is 4.35. The molecule has 0 fully saturated rings. The highest BCUT2D eigenvalue weighted by atomic mass is 16.6. The summed E-state index contributed by atoms with van der Waals surface area (Å²) >= 11 is 0. The molecule has 2 atom stereocenters. The molecule has 5 heteroatoms. The molecule has 0 aromatic heterocycles. The zero-order valence-electron chi connectivity index (χ0n) is 14.7. The van der Waals surface area contributed by atoms with Crippen LogP contribution in [0.15, 0.2) is 0 Å². The molecule has 0 aliphatic heterocycles. The van der Waals surface area contributed by atoms with E-state index in [1.807, 2.05) is 6.29 Å². The van der Waals surface area contributed by atoms with E-state index in [0.717, 1.165) is 51.4 Å². The van der Waals surface area contributed by atoms with Crippen molar-refractivity contribution >= 4 is 6.29 Å². The maximum atomic E-state index is 11.1. The van der Waals surface area contributed by atoms with Crippen LogP contribution in [-0.2, 0) is 4.79 Å². The Balaban J connectivity index is 3.77. The maximum Gasteiger partial charge on any atom is 0.238 e. The summed E-state index contributed by atoms with van der Waals surface area (Å²) in [5.74, 6) is 0. The molecule has 0 aliphatic carbocycles. The van der Waals surface area contributed by atoms with Crippen LogP contribution in [0.3, 0.4) is 0 Å². The lowest BCUT2D eigenvalue weighted by molar-refractivity contribution is -0.535. The number of unbranched alkanes of at least 4 members (excludes halogenated alkanes) is 10. The number of carbonyl (C=O) groups excluding carboxylic acids is 1. The minimum Gasteiger partial charge on any atom is -0.386 e. The van der Waals surface area contributed by atoms with Gasteiger partial charge in [-0.3, -0.25) is 14.9 Å². The first-order valence-corrected chi connectivity index (χ1v) is 9.30. The molecule has 0 aromatic carbocycles. The molecule has 0 rings (SSSR count). The van der Waals surface area contributed by atoms with Crippen molar-refractivity contribution in [1.29, 1.82) is 0 Å². The Kier molecular flexibility index (Phi) is 15.2. The molecule has 0 bridgehead atoms. The summed E-state index contributed by atoms with van der Waals surface area (Å²) in [7, 11) is 0. The van der Waals surface area contributed by atoms with Gasteiger partial charge in [-0.2, -0.15) is 0 Å². The summed E-state index contributed by atoms with van der Waals surface area (Å²) in [6.07, 6.45) is 13.7. The third-order valence-electron chi connectivity index (χ3n) is 4.35. The standard InChI is InChI=1S/C18H34NO4/c1-2-3-4-5-8-11-14-17(19(22)23)18(21)15-12-9-6-7-10-13-16-20/h17-18,21H,2-15H2,1H3. The normalized spacial score (nSPS) is 13.7. The van der Waals surface area contributed by atoms with E-state index in [-0.39, 0.29) is 4.92 Å². The first-order chi connectivity index (χ1) is 11.1. The Morgan fingerprint density at radius 2 is 1.43 bits per heavy atom. The second kappa shape index (κ2) is 15.9. The molecule has 0 amide bonds. The topological polar surface area (TPSA) is 80.4 Å². The van der Waals surface area contributed by atoms with Crippen LogP contribution in [0.2, 0.25) is 0 Å². The van der Waals surface area contributed by atoms with Gasteiger partial charge in [-0.05, 0) is 19.3 Å². The SMILES string of the molecule is CCCCCCCCC(C(O)CCCCCCC[C]=O)[N+](=O)[O-]. The van der Waals surface area contributed by atoms with E-state index in [9.17, 15) is 20.0 Å². The Bertz CT molecular complexity index is 297. The van der Waals surface area contributed by atoms with Gasteiger partial charge in [0.1, 0.15) is 6.10 Å². The van der Waals surface area contributed by atoms with E-state index in [1.54, 1.807) is 0 Å². The highest BCUT2D eigenvalue weighted by Gasteiger charge is 2.28. The van der Waals surface area contributed by atoms with Gasteiger partial charge in [0.15, 0.2) is 6.29 Å². The van der Waals surface area contributed by atoms with Crippen molar-refractivity contribution in [1.82, 2.24) is 0 Å². The predicted molar refractivity (Wildman–Crippen MR) is 92.8 cm³/mol. The quantitative estimate of drug-likeness (QED) is 0.241. The van der Waals surface area contributed by atoms with Gasteiger partial charge in [-0.25, -0.2) is 0 Å². The fourth-order valence-electron chi connectivity index (χ4n) is 2.85. The van der Waals surface area contributed by atoms with Crippen LogP contribution in [-0.4, -0.2) is 28.5 Å². The van der Waals surface area contributed by atoms with Crippen molar-refractivity contribution in [2.24, 2.45) is 0 Å². The van der Waals surface area contributed by atoms with Gasteiger partial charge in [-0.1, -0.05) is 64.7 Å². The number of hydrogen-bond acceptors (Lipinski definition) is 4. The molecule has 1 radical (unpaired) electrons. The van der Waals surface area contributed by atoms with E-state index in [1.165, 1.54) is 19.3 Å². The first-order valence-electron chi connectivity index (χ1n) is 9.30. The first kappa shape index (κ1) is 22.0. The molecule has 0 aromatic rings. The number of nitro groups is 1. The van der Waals surface area contributed by atoms with Crippen molar-refractivity contribution < 1.29 is 14.8 Å². The molecule has 5 nitrogen and oxygen atoms in total. The van der Waals surface area contributed by atoms with E-state index in [2.05, 4.69) is 6.92 Å². The fourth-order valence-corrected chi connectivity index (χ4v) is 2.85. The average Bonchev–Trinajstić information content (AvgIpc) is 2.52. The third kappa shape index (κ3) is 13.2. The molecule has 135 valence electrons. The van der Waals surface area contributed by atoms with Crippen LogP contribution in [0.1, 0.15) is 96.8 Å². The zero-order valence-corrected chi connectivity index (χ0v) is 14.7. The summed E-state index contributed by atoms with van der Waals surface area (Å²) in [4.78, 5) is 20.9. The van der Waals surface area contributed by atoms with Crippen LogP contribution in [0.4, 0.5) is 0 Å². The van der Waals surface area contributed by atoms with E-state index in [0.29, 0.717) is 19.3 Å². The second-order valence-corrected chi connectivity index (χ2v) is 6.43. The minimum atomic E-state index is -0.830. The largest absolute Gasteiger partial charge is 0.386 e. The summed E-state index contributed by atoms with van der Waals surface area (Å²) < 4.78 is 0. The van der Waals surface area contributed by atoms with Crippen LogP contribution in [0.5, 0.6) is 0 Å². The van der Waals surface area contributed by atoms with Crippen molar-refractivity contribution in [3.8, 4) is 0 Å². The smallest absolute Gasteiger partial charge is 0.238 e. The van der Waals surface area contributed by atoms with Crippen molar-refractivity contribution in [3.63, 3.8) is 0 Å². The number of aliphatic hydroxyl groups excluding tert-OH is 1. The lowest BCUT2D eigenvalue weighted by Crippen LogP contribution is -2.33. The van der Waals surface area contributed by atoms with Crippen LogP contribution < -0.4 is 0 Å². The molecule has 0 saturated heterocycles. The molecule has 23 heavy (non-hydrogen) atoms. The molecule has 0 saturated carbocycles. The molecule has 0 aliphatic rings. The van der Waals surface area contributed by atoms with E-state index < -0.39 is 12.1 Å². The fraction of sp³-hybridized carbons (Fsp3) is 0.944. The Hall–Kier alpha value is -0.970. The Morgan fingerprint density at radius 3 is 2.00 bits per heavy atom. The lowest BCUT2D eigenvalue weighted by Gasteiger charge is -2.16. The highest BCUT2D eigenvalue weighted by Crippen LogP contribution is 2.17. The summed E-state index contributed by atoms with van der Waals surface area (Å²) in [6, 6.07) is -0.814. The van der Waals surface area contributed by atoms with Gasteiger partial charge in [-0.15, -0.1) is 0 Å². The summed E-state index contributed by atoms with van der Waals surface area (Å²) in [6.45, 7) is 2.17. The van der Waals surface area contributed by atoms with Crippen molar-refractivity contribution in [2.45, 2.75) is 109 Å². The van der Waals surface area contributed by atoms with Crippen molar-refractivity contribution in [2.75, 3.05) is 0 Å². The van der Waals surface area contributed by atoms with Crippen LogP contribution in [0, 0.1) is 10.1 Å². The van der Waals surface area contributed by atoms with Crippen LogP contribution >= 0.6 is 0 Å². The summed E-state index contributed by atoms with van der Waals surface area (Å²) in [5.41, 5.74) is 0. The maximum absolute atomic E-state index is 11.1. The van der Waals surface area contributed by atoms with Gasteiger partial charge in [0.05, 0.1) is 0 Å². The average molecular weight is 328 g/mol. The molecular formula is C18H34NO4. The van der Waals surface area contributed by atoms with E-state index in [4.69, 9.17) is 0 Å². The van der Waals surface area contributed by atoms with Gasteiger partial charge < -0.3 is 5.11 Å². The van der Waals surface area contributed by atoms with Gasteiger partial charge in [0, 0.05) is 17.8 Å². The predicted octanol–water partition coefficient (Wildman–Crippen LogP) is 4.58. The number of rotatable bonds is 17. The number of hydrogen-bond donors (Lipinski definition) is 1. The van der Waals surface area contributed by atoms with Crippen LogP contribution in [0.25, 0.3) is 0 Å².